The van der Waals surface area contributed by atoms with Crippen molar-refractivity contribution in [1.82, 2.24) is 20.2 Å². The van der Waals surface area contributed by atoms with Crippen molar-refractivity contribution in [3.63, 3.8) is 0 Å². The van der Waals surface area contributed by atoms with Crippen molar-refractivity contribution in [1.29, 1.82) is 5.26 Å². The molecule has 1 aromatic carbocycles. The average Bonchev–Trinajstić information content (AvgIpc) is 2.74. The molecule has 0 aliphatic heterocycles. The molecule has 0 amide bonds. The van der Waals surface area contributed by atoms with Crippen LogP contribution in [0.25, 0.3) is 0 Å². The number of nitrogens with zero attached hydrogens (tertiary/aromatic N) is 5. The molecule has 0 saturated carbocycles. The van der Waals surface area contributed by atoms with Crippen LogP contribution in [0.1, 0.15) is 11.1 Å². The first-order valence-electron chi connectivity index (χ1n) is 5.23. The van der Waals surface area contributed by atoms with Crippen molar-refractivity contribution >= 4 is 16.0 Å². The number of hydrogen-bond acceptors (Lipinski definition) is 6. The second kappa shape index (κ2) is 5.03. The minimum atomic E-state index is -3.69. The van der Waals surface area contributed by atoms with E-state index in [9.17, 15) is 8.42 Å². The number of aromatic nitrogens is 4. The molecule has 0 saturated heterocycles. The Bertz CT molecular complexity index is 730. The molecule has 19 heavy (non-hydrogen) atoms. The van der Waals surface area contributed by atoms with E-state index in [1.165, 1.54) is 7.05 Å². The van der Waals surface area contributed by atoms with Gasteiger partial charge in [0.05, 0.1) is 24.4 Å². The van der Waals surface area contributed by atoms with Crippen LogP contribution < -0.4 is 4.72 Å². The highest BCUT2D eigenvalue weighted by Crippen LogP contribution is 2.12. The number of rotatable bonds is 4. The van der Waals surface area contributed by atoms with E-state index in [2.05, 4.69) is 20.1 Å². The molecule has 0 spiro atoms. The van der Waals surface area contributed by atoms with Gasteiger partial charge >= 0.3 is 0 Å². The number of hydrogen-bond donors (Lipinski definition) is 1. The fourth-order valence-corrected chi connectivity index (χ4v) is 2.55. The van der Waals surface area contributed by atoms with Crippen LogP contribution in [0.2, 0.25) is 0 Å². The van der Waals surface area contributed by atoms with Crippen LogP contribution in [0.5, 0.6) is 0 Å². The second-order valence-corrected chi connectivity index (χ2v) is 5.45. The van der Waals surface area contributed by atoms with Crippen molar-refractivity contribution in [2.45, 2.75) is 5.75 Å². The Morgan fingerprint density at radius 3 is 2.79 bits per heavy atom. The second-order valence-electron chi connectivity index (χ2n) is 3.73. The van der Waals surface area contributed by atoms with Gasteiger partial charge in [-0.15, -0.1) is 5.10 Å². The van der Waals surface area contributed by atoms with E-state index in [1.807, 2.05) is 6.07 Å². The Morgan fingerprint density at radius 2 is 2.16 bits per heavy atom. The first-order chi connectivity index (χ1) is 9.00. The third kappa shape index (κ3) is 3.26. The van der Waals surface area contributed by atoms with Gasteiger partial charge in [0.1, 0.15) is 0 Å². The Labute approximate surface area is 109 Å². The normalized spacial score (nSPS) is 10.9. The topological polar surface area (TPSA) is 114 Å². The minimum Gasteiger partial charge on any atom is -0.248 e. The van der Waals surface area contributed by atoms with Gasteiger partial charge in [-0.05, 0) is 16.8 Å². The Balaban J connectivity index is 2.20. The third-order valence-electron chi connectivity index (χ3n) is 2.24. The number of anilines is 1. The molecule has 0 fully saturated rings. The maximum Gasteiger partial charge on any atom is 0.276 e. The number of nitrogens with one attached hydrogen (secondary N) is 1. The van der Waals surface area contributed by atoms with Crippen LogP contribution in [0.3, 0.4) is 0 Å². The van der Waals surface area contributed by atoms with Gasteiger partial charge in [-0.1, -0.05) is 23.3 Å². The molecule has 2 rings (SSSR count). The number of sulfonamides is 1. The molecular weight excluding hydrogens is 268 g/mol. The maximum atomic E-state index is 11.9. The van der Waals surface area contributed by atoms with Gasteiger partial charge in [0.15, 0.2) is 0 Å². The summed E-state index contributed by atoms with van der Waals surface area (Å²) in [5.41, 5.74) is 0.737. The average molecular weight is 278 g/mol. The minimum absolute atomic E-state index is 0.100. The van der Waals surface area contributed by atoms with E-state index in [-0.39, 0.29) is 11.7 Å². The highest BCUT2D eigenvalue weighted by molar-refractivity contribution is 7.91. The molecule has 1 aromatic heterocycles. The Hall–Kier alpha value is -2.47. The Kier molecular flexibility index (Phi) is 3.43. The van der Waals surface area contributed by atoms with Crippen LogP contribution in [0.15, 0.2) is 24.3 Å². The first kappa shape index (κ1) is 13.0. The van der Waals surface area contributed by atoms with E-state index in [1.54, 1.807) is 24.3 Å². The van der Waals surface area contributed by atoms with Crippen molar-refractivity contribution in [3.8, 4) is 6.07 Å². The van der Waals surface area contributed by atoms with E-state index in [0.29, 0.717) is 11.1 Å². The van der Waals surface area contributed by atoms with Crippen molar-refractivity contribution in [3.05, 3.63) is 35.4 Å². The summed E-state index contributed by atoms with van der Waals surface area (Å²) >= 11 is 0. The van der Waals surface area contributed by atoms with Gasteiger partial charge in [-0.2, -0.15) is 10.1 Å². The number of nitriles is 1. The lowest BCUT2D eigenvalue weighted by Gasteiger charge is -2.05. The highest BCUT2D eigenvalue weighted by atomic mass is 32.2. The maximum absolute atomic E-state index is 11.9. The molecule has 0 aliphatic carbocycles. The molecule has 0 atom stereocenters. The van der Waals surface area contributed by atoms with Crippen molar-refractivity contribution in [2.24, 2.45) is 7.05 Å². The lowest BCUT2D eigenvalue weighted by Crippen LogP contribution is -2.16. The van der Waals surface area contributed by atoms with Gasteiger partial charge in [-0.25, -0.2) is 13.1 Å². The standard InChI is InChI=1S/C10H10N6O2S/c1-16-13-10(12-15-16)14-19(17,18)7-9-5-3-2-4-8(9)6-11/h2-5H,7H2,1H3,(H,13,14). The number of tetrazole rings is 1. The third-order valence-corrected chi connectivity index (χ3v) is 3.42. The van der Waals surface area contributed by atoms with Crippen molar-refractivity contribution < 1.29 is 8.42 Å². The number of benzene rings is 1. The van der Waals surface area contributed by atoms with Crippen LogP contribution in [-0.4, -0.2) is 28.6 Å². The predicted molar refractivity (Wildman–Crippen MR) is 66.2 cm³/mol. The van der Waals surface area contributed by atoms with E-state index < -0.39 is 10.0 Å². The molecule has 1 heterocycles. The lowest BCUT2D eigenvalue weighted by molar-refractivity contribution is 0.600. The molecule has 2 aromatic rings. The first-order valence-corrected chi connectivity index (χ1v) is 6.88. The van der Waals surface area contributed by atoms with Crippen LogP contribution in [0, 0.1) is 11.3 Å². The molecule has 98 valence electrons. The quantitative estimate of drug-likeness (QED) is 0.843. The SMILES string of the molecule is Cn1nnc(NS(=O)(=O)Cc2ccccc2C#N)n1. The van der Waals surface area contributed by atoms with Crippen LogP contribution >= 0.6 is 0 Å². The Morgan fingerprint density at radius 1 is 1.42 bits per heavy atom. The van der Waals surface area contributed by atoms with Gasteiger partial charge in [-0.3, -0.25) is 0 Å². The summed E-state index contributed by atoms with van der Waals surface area (Å²) in [5.74, 6) is -0.424. The van der Waals surface area contributed by atoms with Crippen LogP contribution in [-0.2, 0) is 22.8 Å². The van der Waals surface area contributed by atoms with Gasteiger partial charge in [0, 0.05) is 0 Å². The summed E-state index contributed by atoms with van der Waals surface area (Å²) in [6.07, 6.45) is 0. The summed E-state index contributed by atoms with van der Waals surface area (Å²) in [7, 11) is -2.16. The summed E-state index contributed by atoms with van der Waals surface area (Å²) in [6.45, 7) is 0. The monoisotopic (exact) mass is 278 g/mol. The van der Waals surface area contributed by atoms with E-state index >= 15 is 0 Å². The van der Waals surface area contributed by atoms with E-state index in [4.69, 9.17) is 5.26 Å². The molecule has 9 heteroatoms. The van der Waals surface area contributed by atoms with Gasteiger partial charge in [0.2, 0.25) is 10.0 Å². The zero-order valence-electron chi connectivity index (χ0n) is 9.98. The zero-order chi connectivity index (χ0) is 13.9. The fraction of sp³-hybridized carbons (Fsp3) is 0.200. The van der Waals surface area contributed by atoms with Gasteiger partial charge < -0.3 is 0 Å². The molecule has 0 unspecified atom stereocenters. The summed E-state index contributed by atoms with van der Waals surface area (Å²) in [4.78, 5) is 1.14. The molecule has 0 aliphatic rings. The lowest BCUT2D eigenvalue weighted by atomic mass is 10.1. The summed E-state index contributed by atoms with van der Waals surface area (Å²) in [6, 6.07) is 8.44. The summed E-state index contributed by atoms with van der Waals surface area (Å²) in [5, 5.41) is 19.7. The number of aryl methyl sites for hydroxylation is 1. The molecule has 1 N–H and O–H groups in total. The molecule has 0 bridgehead atoms. The largest absolute Gasteiger partial charge is 0.276 e. The smallest absolute Gasteiger partial charge is 0.248 e. The van der Waals surface area contributed by atoms with Crippen molar-refractivity contribution in [2.75, 3.05) is 4.72 Å². The van der Waals surface area contributed by atoms with Crippen LogP contribution in [0.4, 0.5) is 5.95 Å². The highest BCUT2D eigenvalue weighted by Gasteiger charge is 2.16. The zero-order valence-corrected chi connectivity index (χ0v) is 10.8. The van der Waals surface area contributed by atoms with Gasteiger partial charge in [0.25, 0.3) is 5.95 Å². The molecule has 8 nitrogen and oxygen atoms in total. The molecule has 0 radical (unpaired) electrons. The summed E-state index contributed by atoms with van der Waals surface area (Å²) < 4.78 is 26.0. The fourth-order valence-electron chi connectivity index (χ4n) is 1.46. The van der Waals surface area contributed by atoms with E-state index in [0.717, 1.165) is 4.80 Å². The molecular formula is C10H10N6O2S. The predicted octanol–water partition coefficient (Wildman–Crippen LogP) is 0.0237.